The highest BCUT2D eigenvalue weighted by Crippen LogP contribution is 2.22. The average Bonchev–Trinajstić information content (AvgIpc) is 3.12. The fourth-order valence-corrected chi connectivity index (χ4v) is 5.46. The monoisotopic (exact) mass is 427 g/mol. The van der Waals surface area contributed by atoms with Crippen LogP contribution in [-0.2, 0) is 23.0 Å². The molecule has 0 radical (unpaired) electrons. The van der Waals surface area contributed by atoms with E-state index < -0.39 is 10.0 Å². The predicted molar refractivity (Wildman–Crippen MR) is 119 cm³/mol. The molecular formula is C22H29N5O2S. The zero-order chi connectivity index (χ0) is 21.1. The molecule has 0 spiro atoms. The lowest BCUT2D eigenvalue weighted by Crippen LogP contribution is -2.49. The first-order valence-electron chi connectivity index (χ1n) is 10.6. The van der Waals surface area contributed by atoms with Crippen LogP contribution in [0, 0.1) is 0 Å². The largest absolute Gasteiger partial charge is 0.293 e. The molecule has 0 atom stereocenters. The maximum Gasteiger partial charge on any atom is 0.214 e. The summed E-state index contributed by atoms with van der Waals surface area (Å²) >= 11 is 0. The molecule has 30 heavy (non-hydrogen) atoms. The standard InChI is InChI=1S/C22H29N5O2S/c1-3-16-30(28,29)26-14-12-25(13-15-26)17-21-24-20-6-5-11-23-22(20)27(21)19-9-7-18(4-2)8-10-19/h5-11H,3-4,12-17H2,1-2H3. The Hall–Kier alpha value is -2.29. The van der Waals surface area contributed by atoms with Gasteiger partial charge in [0.2, 0.25) is 10.0 Å². The Kier molecular flexibility index (Phi) is 6.17. The van der Waals surface area contributed by atoms with Crippen molar-refractivity contribution in [3.63, 3.8) is 0 Å². The second kappa shape index (κ2) is 8.83. The number of aryl methyl sites for hydroxylation is 1. The summed E-state index contributed by atoms with van der Waals surface area (Å²) in [6.45, 7) is 7.18. The van der Waals surface area contributed by atoms with Crippen molar-refractivity contribution in [2.24, 2.45) is 0 Å². The number of fused-ring (bicyclic) bond motifs is 1. The SMILES string of the molecule is CCCS(=O)(=O)N1CCN(Cc2nc3cccnc3n2-c2ccc(CC)cc2)CC1. The van der Waals surface area contributed by atoms with E-state index >= 15 is 0 Å². The van der Waals surface area contributed by atoms with Crippen LogP contribution in [0.4, 0.5) is 0 Å². The van der Waals surface area contributed by atoms with E-state index in [1.165, 1.54) is 5.56 Å². The Bertz CT molecular complexity index is 1100. The highest BCUT2D eigenvalue weighted by atomic mass is 32.2. The van der Waals surface area contributed by atoms with E-state index in [1.54, 1.807) is 10.5 Å². The number of aromatic nitrogens is 3. The van der Waals surface area contributed by atoms with Gasteiger partial charge in [-0.15, -0.1) is 0 Å². The normalized spacial score (nSPS) is 16.3. The number of imidazole rings is 1. The Balaban J connectivity index is 1.58. The molecule has 0 saturated carbocycles. The van der Waals surface area contributed by atoms with Crippen molar-refractivity contribution >= 4 is 21.2 Å². The first kappa shape index (κ1) is 21.0. The van der Waals surface area contributed by atoms with Crippen molar-refractivity contribution in [1.82, 2.24) is 23.7 Å². The average molecular weight is 428 g/mol. The molecule has 160 valence electrons. The number of rotatable bonds is 7. The summed E-state index contributed by atoms with van der Waals surface area (Å²) in [5.41, 5.74) is 4.06. The lowest BCUT2D eigenvalue weighted by atomic mass is 10.1. The summed E-state index contributed by atoms with van der Waals surface area (Å²) in [5, 5.41) is 0. The Morgan fingerprint density at radius 2 is 1.73 bits per heavy atom. The van der Waals surface area contributed by atoms with Gasteiger partial charge in [-0.1, -0.05) is 26.0 Å². The van der Waals surface area contributed by atoms with Crippen molar-refractivity contribution in [2.45, 2.75) is 33.2 Å². The van der Waals surface area contributed by atoms with Crippen molar-refractivity contribution in [3.05, 3.63) is 54.0 Å². The molecule has 1 aliphatic heterocycles. The minimum atomic E-state index is -3.13. The lowest BCUT2D eigenvalue weighted by Gasteiger charge is -2.33. The molecule has 3 heterocycles. The molecule has 1 fully saturated rings. The number of sulfonamides is 1. The Labute approximate surface area is 178 Å². The van der Waals surface area contributed by atoms with Crippen molar-refractivity contribution in [1.29, 1.82) is 0 Å². The van der Waals surface area contributed by atoms with Crippen LogP contribution in [0.5, 0.6) is 0 Å². The van der Waals surface area contributed by atoms with Crippen LogP contribution in [0.2, 0.25) is 0 Å². The van der Waals surface area contributed by atoms with Crippen molar-refractivity contribution in [2.75, 3.05) is 31.9 Å². The first-order chi connectivity index (χ1) is 14.5. The number of hydrogen-bond donors (Lipinski definition) is 0. The van der Waals surface area contributed by atoms with E-state index in [2.05, 4.69) is 45.6 Å². The zero-order valence-corrected chi connectivity index (χ0v) is 18.5. The van der Waals surface area contributed by atoms with Gasteiger partial charge in [-0.25, -0.2) is 18.4 Å². The highest BCUT2D eigenvalue weighted by molar-refractivity contribution is 7.89. The third-order valence-electron chi connectivity index (χ3n) is 5.64. The minimum Gasteiger partial charge on any atom is -0.293 e. The van der Waals surface area contributed by atoms with Crippen molar-refractivity contribution < 1.29 is 8.42 Å². The second-order valence-electron chi connectivity index (χ2n) is 7.72. The van der Waals surface area contributed by atoms with Gasteiger partial charge in [0.05, 0.1) is 12.3 Å². The van der Waals surface area contributed by atoms with Gasteiger partial charge in [-0.3, -0.25) is 9.47 Å². The lowest BCUT2D eigenvalue weighted by molar-refractivity contribution is 0.177. The third-order valence-corrected chi connectivity index (χ3v) is 7.72. The number of hydrogen-bond acceptors (Lipinski definition) is 5. The summed E-state index contributed by atoms with van der Waals surface area (Å²) in [7, 11) is -3.13. The summed E-state index contributed by atoms with van der Waals surface area (Å²) in [6, 6.07) is 12.4. The van der Waals surface area contributed by atoms with Crippen LogP contribution in [0.1, 0.15) is 31.7 Å². The molecule has 1 aliphatic rings. The summed E-state index contributed by atoms with van der Waals surface area (Å²) in [4.78, 5) is 11.7. The molecule has 7 nitrogen and oxygen atoms in total. The van der Waals surface area contributed by atoms with E-state index in [0.29, 0.717) is 39.1 Å². The Morgan fingerprint density at radius 1 is 1.00 bits per heavy atom. The molecule has 8 heteroatoms. The van der Waals surface area contributed by atoms with Crippen LogP contribution in [-0.4, -0.2) is 64.1 Å². The summed E-state index contributed by atoms with van der Waals surface area (Å²) < 4.78 is 28.4. The predicted octanol–water partition coefficient (Wildman–Crippen LogP) is 2.84. The van der Waals surface area contributed by atoms with E-state index in [1.807, 2.05) is 19.1 Å². The van der Waals surface area contributed by atoms with E-state index in [-0.39, 0.29) is 5.75 Å². The molecule has 1 aromatic carbocycles. The summed E-state index contributed by atoms with van der Waals surface area (Å²) in [5.74, 6) is 1.15. The van der Waals surface area contributed by atoms with Crippen LogP contribution in [0.15, 0.2) is 42.6 Å². The molecule has 0 aliphatic carbocycles. The van der Waals surface area contributed by atoms with Gasteiger partial charge in [-0.2, -0.15) is 4.31 Å². The van der Waals surface area contributed by atoms with Gasteiger partial charge in [0, 0.05) is 38.1 Å². The van der Waals surface area contributed by atoms with E-state index in [4.69, 9.17) is 4.98 Å². The maximum atomic E-state index is 12.3. The molecule has 0 unspecified atom stereocenters. The van der Waals surface area contributed by atoms with Gasteiger partial charge >= 0.3 is 0 Å². The van der Waals surface area contributed by atoms with Crippen LogP contribution in [0.3, 0.4) is 0 Å². The maximum absolute atomic E-state index is 12.3. The number of nitrogens with zero attached hydrogens (tertiary/aromatic N) is 5. The number of pyridine rings is 1. The fraction of sp³-hybridized carbons (Fsp3) is 0.455. The highest BCUT2D eigenvalue weighted by Gasteiger charge is 2.27. The molecule has 0 N–H and O–H groups in total. The number of piperazine rings is 1. The molecule has 4 rings (SSSR count). The van der Waals surface area contributed by atoms with Gasteiger partial charge in [0.15, 0.2) is 5.65 Å². The second-order valence-corrected chi connectivity index (χ2v) is 9.81. The van der Waals surface area contributed by atoms with E-state index in [0.717, 1.165) is 29.1 Å². The first-order valence-corrected chi connectivity index (χ1v) is 12.2. The van der Waals surface area contributed by atoms with Gasteiger partial charge in [0.1, 0.15) is 11.3 Å². The Morgan fingerprint density at radius 3 is 2.40 bits per heavy atom. The van der Waals surface area contributed by atoms with Gasteiger partial charge in [-0.05, 0) is 42.7 Å². The van der Waals surface area contributed by atoms with E-state index in [9.17, 15) is 8.42 Å². The van der Waals surface area contributed by atoms with Gasteiger partial charge < -0.3 is 0 Å². The van der Waals surface area contributed by atoms with Gasteiger partial charge in [0.25, 0.3) is 0 Å². The molecular weight excluding hydrogens is 398 g/mol. The molecule has 1 saturated heterocycles. The molecule has 3 aromatic rings. The molecule has 2 aromatic heterocycles. The molecule has 0 amide bonds. The third kappa shape index (κ3) is 4.26. The smallest absolute Gasteiger partial charge is 0.214 e. The van der Waals surface area contributed by atoms with Crippen LogP contribution in [0.25, 0.3) is 16.9 Å². The topological polar surface area (TPSA) is 71.3 Å². The fourth-order valence-electron chi connectivity index (χ4n) is 3.97. The quantitative estimate of drug-likeness (QED) is 0.580. The van der Waals surface area contributed by atoms with Crippen LogP contribution < -0.4 is 0 Å². The summed E-state index contributed by atoms with van der Waals surface area (Å²) in [6.07, 6.45) is 3.44. The van der Waals surface area contributed by atoms with Crippen LogP contribution >= 0.6 is 0 Å². The number of benzene rings is 1. The minimum absolute atomic E-state index is 0.224. The zero-order valence-electron chi connectivity index (χ0n) is 17.7. The molecule has 0 bridgehead atoms. The van der Waals surface area contributed by atoms with Crippen molar-refractivity contribution in [3.8, 4) is 5.69 Å².